The van der Waals surface area contributed by atoms with Crippen molar-refractivity contribution < 1.29 is 19.0 Å². The van der Waals surface area contributed by atoms with Crippen molar-refractivity contribution in [3.05, 3.63) is 57.8 Å². The van der Waals surface area contributed by atoms with Crippen LogP contribution in [0.25, 0.3) is 0 Å². The van der Waals surface area contributed by atoms with Crippen LogP contribution in [0.5, 0.6) is 11.5 Å². The van der Waals surface area contributed by atoms with E-state index >= 15 is 0 Å². The molecule has 0 aliphatic heterocycles. The summed E-state index contributed by atoms with van der Waals surface area (Å²) < 4.78 is 24.6. The van der Waals surface area contributed by atoms with Gasteiger partial charge < -0.3 is 14.6 Å². The minimum atomic E-state index is -0.787. The molecular weight excluding hydrogens is 339 g/mol. The van der Waals surface area contributed by atoms with Crippen molar-refractivity contribution in [2.75, 3.05) is 14.2 Å². The predicted octanol–water partition coefficient (Wildman–Crippen LogP) is 3.88. The third-order valence-electron chi connectivity index (χ3n) is 3.20. The SMILES string of the molecule is COc1ccc(CC(O)c2cc(Br)ccc2OC)cc1F. The Balaban J connectivity index is 2.23. The number of ether oxygens (including phenoxy) is 2. The molecule has 2 aromatic rings. The zero-order valence-electron chi connectivity index (χ0n) is 11.8. The van der Waals surface area contributed by atoms with Crippen LogP contribution in [0.15, 0.2) is 40.9 Å². The van der Waals surface area contributed by atoms with Gasteiger partial charge in [-0.2, -0.15) is 0 Å². The molecule has 0 spiro atoms. The van der Waals surface area contributed by atoms with E-state index in [1.807, 2.05) is 6.07 Å². The quantitative estimate of drug-likeness (QED) is 0.885. The fourth-order valence-corrected chi connectivity index (χ4v) is 2.51. The molecule has 2 rings (SSSR count). The lowest BCUT2D eigenvalue weighted by Crippen LogP contribution is -2.05. The maximum atomic E-state index is 13.7. The molecule has 0 radical (unpaired) electrons. The monoisotopic (exact) mass is 354 g/mol. The summed E-state index contributed by atoms with van der Waals surface area (Å²) in [7, 11) is 2.96. The highest BCUT2D eigenvalue weighted by molar-refractivity contribution is 9.10. The summed E-state index contributed by atoms with van der Waals surface area (Å²) in [4.78, 5) is 0. The highest BCUT2D eigenvalue weighted by Gasteiger charge is 2.15. The van der Waals surface area contributed by atoms with Crippen molar-refractivity contribution in [2.45, 2.75) is 12.5 Å². The van der Waals surface area contributed by atoms with Gasteiger partial charge in [-0.25, -0.2) is 4.39 Å². The Kier molecular flexibility index (Phi) is 5.20. The molecule has 0 aliphatic rings. The van der Waals surface area contributed by atoms with Crippen molar-refractivity contribution in [1.82, 2.24) is 0 Å². The normalized spacial score (nSPS) is 12.0. The second-order valence-corrected chi connectivity index (χ2v) is 5.49. The van der Waals surface area contributed by atoms with E-state index < -0.39 is 11.9 Å². The lowest BCUT2D eigenvalue weighted by atomic mass is 10.0. The lowest BCUT2D eigenvalue weighted by molar-refractivity contribution is 0.174. The number of aliphatic hydroxyl groups is 1. The van der Waals surface area contributed by atoms with Crippen LogP contribution in [0.2, 0.25) is 0 Å². The number of rotatable bonds is 5. The predicted molar refractivity (Wildman–Crippen MR) is 82.3 cm³/mol. The first-order chi connectivity index (χ1) is 10.0. The highest BCUT2D eigenvalue weighted by Crippen LogP contribution is 2.31. The summed E-state index contributed by atoms with van der Waals surface area (Å²) in [6, 6.07) is 10.1. The molecule has 3 nitrogen and oxygen atoms in total. The molecule has 0 aliphatic carbocycles. The summed E-state index contributed by atoms with van der Waals surface area (Å²) in [5.41, 5.74) is 1.34. The summed E-state index contributed by atoms with van der Waals surface area (Å²) >= 11 is 3.37. The Hall–Kier alpha value is -1.59. The van der Waals surface area contributed by atoms with Crippen LogP contribution in [0.3, 0.4) is 0 Å². The summed E-state index contributed by atoms with van der Waals surface area (Å²) in [6.45, 7) is 0. The fraction of sp³-hybridized carbons (Fsp3) is 0.250. The van der Waals surface area contributed by atoms with Gasteiger partial charge in [-0.1, -0.05) is 22.0 Å². The van der Waals surface area contributed by atoms with Gasteiger partial charge in [-0.05, 0) is 35.9 Å². The molecule has 0 bridgehead atoms. The van der Waals surface area contributed by atoms with E-state index in [1.165, 1.54) is 13.2 Å². The second kappa shape index (κ2) is 6.91. The Labute approximate surface area is 131 Å². The van der Waals surface area contributed by atoms with E-state index in [2.05, 4.69) is 15.9 Å². The van der Waals surface area contributed by atoms with Gasteiger partial charge in [0.2, 0.25) is 0 Å². The second-order valence-electron chi connectivity index (χ2n) is 4.58. The first kappa shape index (κ1) is 15.8. The fourth-order valence-electron chi connectivity index (χ4n) is 2.14. The molecule has 112 valence electrons. The van der Waals surface area contributed by atoms with E-state index in [9.17, 15) is 9.50 Å². The molecule has 21 heavy (non-hydrogen) atoms. The molecule has 0 fully saturated rings. The maximum Gasteiger partial charge on any atom is 0.165 e. The van der Waals surface area contributed by atoms with Gasteiger partial charge >= 0.3 is 0 Å². The third-order valence-corrected chi connectivity index (χ3v) is 3.69. The summed E-state index contributed by atoms with van der Waals surface area (Å²) in [6.07, 6.45) is -0.501. The van der Waals surface area contributed by atoms with Gasteiger partial charge in [-0.15, -0.1) is 0 Å². The minimum Gasteiger partial charge on any atom is -0.496 e. The number of methoxy groups -OCH3 is 2. The van der Waals surface area contributed by atoms with Crippen LogP contribution in [0, 0.1) is 5.82 Å². The first-order valence-corrected chi connectivity index (χ1v) is 7.18. The molecule has 5 heteroatoms. The highest BCUT2D eigenvalue weighted by atomic mass is 79.9. The molecule has 1 unspecified atom stereocenters. The van der Waals surface area contributed by atoms with E-state index in [0.29, 0.717) is 16.9 Å². The largest absolute Gasteiger partial charge is 0.496 e. The van der Waals surface area contributed by atoms with Crippen LogP contribution in [-0.4, -0.2) is 19.3 Å². The molecule has 0 saturated heterocycles. The van der Waals surface area contributed by atoms with Crippen LogP contribution >= 0.6 is 15.9 Å². The molecule has 0 amide bonds. The summed E-state index contributed by atoms with van der Waals surface area (Å²) in [5, 5.41) is 10.4. The molecule has 2 aromatic carbocycles. The van der Waals surface area contributed by atoms with Gasteiger partial charge in [0.25, 0.3) is 0 Å². The number of benzene rings is 2. The number of hydrogen-bond donors (Lipinski definition) is 1. The average Bonchev–Trinajstić information content (AvgIpc) is 2.47. The van der Waals surface area contributed by atoms with Gasteiger partial charge in [-0.3, -0.25) is 0 Å². The van der Waals surface area contributed by atoms with Crippen LogP contribution in [0.4, 0.5) is 4.39 Å². The number of aliphatic hydroxyl groups excluding tert-OH is 1. The molecule has 0 aromatic heterocycles. The van der Waals surface area contributed by atoms with Gasteiger partial charge in [0, 0.05) is 16.5 Å². The number of hydrogen-bond acceptors (Lipinski definition) is 3. The van der Waals surface area contributed by atoms with E-state index in [-0.39, 0.29) is 12.2 Å². The zero-order valence-corrected chi connectivity index (χ0v) is 13.4. The van der Waals surface area contributed by atoms with Crippen molar-refractivity contribution in [3.8, 4) is 11.5 Å². The molecule has 1 N–H and O–H groups in total. The van der Waals surface area contributed by atoms with Crippen LogP contribution < -0.4 is 9.47 Å². The molecular formula is C16H16BrFO3. The lowest BCUT2D eigenvalue weighted by Gasteiger charge is -2.15. The van der Waals surface area contributed by atoms with Gasteiger partial charge in [0.15, 0.2) is 11.6 Å². The molecule has 0 saturated carbocycles. The first-order valence-electron chi connectivity index (χ1n) is 6.39. The van der Waals surface area contributed by atoms with Crippen molar-refractivity contribution in [2.24, 2.45) is 0 Å². The van der Waals surface area contributed by atoms with Gasteiger partial charge in [0.05, 0.1) is 20.3 Å². The Morgan fingerprint density at radius 1 is 1.10 bits per heavy atom. The maximum absolute atomic E-state index is 13.7. The van der Waals surface area contributed by atoms with Crippen molar-refractivity contribution in [1.29, 1.82) is 0 Å². The molecule has 0 heterocycles. The Bertz CT molecular complexity index is 631. The van der Waals surface area contributed by atoms with Crippen LogP contribution in [0.1, 0.15) is 17.2 Å². The Morgan fingerprint density at radius 2 is 1.76 bits per heavy atom. The van der Waals surface area contributed by atoms with Gasteiger partial charge in [0.1, 0.15) is 5.75 Å². The standard InChI is InChI=1S/C16H16BrFO3/c1-20-15-6-4-11(17)9-12(15)14(19)8-10-3-5-16(21-2)13(18)7-10/h3-7,9,14,19H,8H2,1-2H3. The van der Waals surface area contributed by atoms with E-state index in [1.54, 1.807) is 31.4 Å². The van der Waals surface area contributed by atoms with Crippen molar-refractivity contribution >= 4 is 15.9 Å². The topological polar surface area (TPSA) is 38.7 Å². The van der Waals surface area contributed by atoms with E-state index in [4.69, 9.17) is 9.47 Å². The smallest absolute Gasteiger partial charge is 0.165 e. The minimum absolute atomic E-state index is 0.188. The summed E-state index contributed by atoms with van der Waals surface area (Å²) in [5.74, 6) is 0.344. The Morgan fingerprint density at radius 3 is 2.38 bits per heavy atom. The van der Waals surface area contributed by atoms with E-state index in [0.717, 1.165) is 4.47 Å². The zero-order chi connectivity index (χ0) is 15.4. The molecule has 1 atom stereocenters. The number of halogens is 2. The van der Waals surface area contributed by atoms with Crippen molar-refractivity contribution in [3.63, 3.8) is 0 Å². The third kappa shape index (κ3) is 3.74. The van der Waals surface area contributed by atoms with Crippen LogP contribution in [-0.2, 0) is 6.42 Å². The average molecular weight is 355 g/mol.